The van der Waals surface area contributed by atoms with Crippen LogP contribution >= 0.6 is 0 Å². The lowest BCUT2D eigenvalue weighted by Crippen LogP contribution is -2.52. The third-order valence-electron chi connectivity index (χ3n) is 5.86. The van der Waals surface area contributed by atoms with E-state index in [9.17, 15) is 4.79 Å². The van der Waals surface area contributed by atoms with Gasteiger partial charge in [-0.1, -0.05) is 6.42 Å². The third kappa shape index (κ3) is 2.42. The fraction of sp³-hybridized carbons (Fsp3) is 0.611. The van der Waals surface area contributed by atoms with Crippen LogP contribution in [0.25, 0.3) is 0 Å². The van der Waals surface area contributed by atoms with E-state index < -0.39 is 0 Å². The number of hydrogen-bond donors (Lipinski definition) is 3. The predicted octanol–water partition coefficient (Wildman–Crippen LogP) is 1.21. The summed E-state index contributed by atoms with van der Waals surface area (Å²) >= 11 is 0. The van der Waals surface area contributed by atoms with Crippen molar-refractivity contribution >= 4 is 5.91 Å². The highest BCUT2D eigenvalue weighted by Crippen LogP contribution is 2.38. The summed E-state index contributed by atoms with van der Waals surface area (Å²) in [6.07, 6.45) is 4.41. The van der Waals surface area contributed by atoms with Gasteiger partial charge < -0.3 is 20.7 Å². The Labute approximate surface area is 137 Å². The summed E-state index contributed by atoms with van der Waals surface area (Å²) in [6, 6.07) is 3.86. The van der Waals surface area contributed by atoms with Gasteiger partial charge in [-0.2, -0.15) is 0 Å². The van der Waals surface area contributed by atoms with Crippen LogP contribution in [0.5, 0.6) is 5.75 Å². The minimum atomic E-state index is -0.0309. The summed E-state index contributed by atoms with van der Waals surface area (Å²) in [5, 5.41) is 10.2. The predicted molar refractivity (Wildman–Crippen MR) is 88.8 cm³/mol. The molecular formula is C18H25N3O2. The molecule has 4 rings (SSSR count). The molecule has 2 aliphatic heterocycles. The van der Waals surface area contributed by atoms with Crippen LogP contribution in [0.1, 0.15) is 40.7 Å². The number of ether oxygens (including phenoxy) is 1. The molecule has 23 heavy (non-hydrogen) atoms. The summed E-state index contributed by atoms with van der Waals surface area (Å²) in [5.74, 6) is 1.55. The highest BCUT2D eigenvalue weighted by atomic mass is 16.5. The van der Waals surface area contributed by atoms with E-state index in [1.165, 1.54) is 12.8 Å². The molecule has 1 amide bonds. The Morgan fingerprint density at radius 2 is 2.26 bits per heavy atom. The minimum Gasteiger partial charge on any atom is -0.496 e. The van der Waals surface area contributed by atoms with Gasteiger partial charge in [0.15, 0.2) is 0 Å². The first-order valence-corrected chi connectivity index (χ1v) is 8.66. The first-order valence-electron chi connectivity index (χ1n) is 8.66. The molecule has 1 aliphatic carbocycles. The SMILES string of the molecule is COc1ccc(C(=O)N[C@]23CCC[C@H]2CNC3)c2c1CNCC2. The van der Waals surface area contributed by atoms with Crippen molar-refractivity contribution in [1.29, 1.82) is 0 Å². The smallest absolute Gasteiger partial charge is 0.252 e. The number of benzene rings is 1. The van der Waals surface area contributed by atoms with Gasteiger partial charge in [0.05, 0.1) is 12.6 Å². The van der Waals surface area contributed by atoms with Crippen LogP contribution in [0.3, 0.4) is 0 Å². The number of fused-ring (bicyclic) bond motifs is 2. The molecule has 2 atom stereocenters. The maximum atomic E-state index is 13.0. The molecule has 0 unspecified atom stereocenters. The van der Waals surface area contributed by atoms with E-state index in [4.69, 9.17) is 4.74 Å². The summed E-state index contributed by atoms with van der Waals surface area (Å²) < 4.78 is 5.47. The van der Waals surface area contributed by atoms with E-state index in [0.29, 0.717) is 5.92 Å². The van der Waals surface area contributed by atoms with Crippen LogP contribution in [0, 0.1) is 5.92 Å². The van der Waals surface area contributed by atoms with Gasteiger partial charge in [0.1, 0.15) is 5.75 Å². The summed E-state index contributed by atoms with van der Waals surface area (Å²) in [5.41, 5.74) is 3.08. The van der Waals surface area contributed by atoms with Crippen molar-refractivity contribution < 1.29 is 9.53 Å². The van der Waals surface area contributed by atoms with E-state index >= 15 is 0 Å². The largest absolute Gasteiger partial charge is 0.496 e. The molecule has 3 aliphatic rings. The zero-order valence-electron chi connectivity index (χ0n) is 13.7. The van der Waals surface area contributed by atoms with Gasteiger partial charge in [0.2, 0.25) is 0 Å². The second-order valence-electron chi connectivity index (χ2n) is 7.03. The Balaban J connectivity index is 1.64. The Morgan fingerprint density at radius 1 is 1.35 bits per heavy atom. The standard InChI is InChI=1S/C18H25N3O2/c1-23-16-5-4-14(13-6-8-19-10-15(13)16)17(22)21-18-7-2-3-12(18)9-20-11-18/h4-5,12,19-20H,2-3,6-11H2,1H3,(H,21,22)/t12-,18-/m0/s1. The van der Waals surface area contributed by atoms with Crippen LogP contribution in [0.15, 0.2) is 12.1 Å². The van der Waals surface area contributed by atoms with E-state index in [1.54, 1.807) is 7.11 Å². The molecule has 5 heteroatoms. The van der Waals surface area contributed by atoms with Gasteiger partial charge in [0, 0.05) is 30.8 Å². The molecule has 5 nitrogen and oxygen atoms in total. The first kappa shape index (κ1) is 15.0. The number of carbonyl (C=O) groups excluding carboxylic acids is 1. The molecule has 1 aromatic rings. The molecule has 1 aromatic carbocycles. The molecule has 2 fully saturated rings. The molecule has 1 saturated carbocycles. The molecule has 0 aromatic heterocycles. The van der Waals surface area contributed by atoms with Crippen LogP contribution in [0.2, 0.25) is 0 Å². The number of carbonyl (C=O) groups is 1. The molecule has 0 radical (unpaired) electrons. The third-order valence-corrected chi connectivity index (χ3v) is 5.86. The summed E-state index contributed by atoms with van der Waals surface area (Å²) in [7, 11) is 1.69. The Kier molecular flexibility index (Phi) is 3.77. The second kappa shape index (κ2) is 5.80. The van der Waals surface area contributed by atoms with E-state index in [1.807, 2.05) is 12.1 Å². The van der Waals surface area contributed by atoms with Crippen molar-refractivity contribution in [3.05, 3.63) is 28.8 Å². The van der Waals surface area contributed by atoms with E-state index in [-0.39, 0.29) is 11.4 Å². The van der Waals surface area contributed by atoms with Gasteiger partial charge in [-0.3, -0.25) is 4.79 Å². The Bertz CT molecular complexity index is 619. The van der Waals surface area contributed by atoms with Gasteiger partial charge >= 0.3 is 0 Å². The molecule has 2 heterocycles. The lowest BCUT2D eigenvalue weighted by Gasteiger charge is -2.31. The van der Waals surface area contributed by atoms with E-state index in [2.05, 4.69) is 16.0 Å². The maximum Gasteiger partial charge on any atom is 0.252 e. The zero-order chi connectivity index (χ0) is 15.9. The van der Waals surface area contributed by atoms with Crippen molar-refractivity contribution in [3.8, 4) is 5.75 Å². The lowest BCUT2D eigenvalue weighted by molar-refractivity contribution is 0.0892. The minimum absolute atomic E-state index is 0.0309. The lowest BCUT2D eigenvalue weighted by atomic mass is 9.89. The first-order chi connectivity index (χ1) is 11.2. The maximum absolute atomic E-state index is 13.0. The molecule has 1 saturated heterocycles. The molecule has 0 bridgehead atoms. The van der Waals surface area contributed by atoms with E-state index in [0.717, 1.165) is 61.5 Å². The van der Waals surface area contributed by atoms with Crippen LogP contribution in [0.4, 0.5) is 0 Å². The number of nitrogens with one attached hydrogen (secondary N) is 3. The number of rotatable bonds is 3. The molecule has 3 N–H and O–H groups in total. The molecular weight excluding hydrogens is 290 g/mol. The fourth-order valence-corrected chi connectivity index (χ4v) is 4.63. The monoisotopic (exact) mass is 315 g/mol. The normalized spacial score (nSPS) is 29.0. The Morgan fingerprint density at radius 3 is 3.13 bits per heavy atom. The van der Waals surface area contributed by atoms with Crippen molar-refractivity contribution in [3.63, 3.8) is 0 Å². The van der Waals surface area contributed by atoms with Crippen LogP contribution in [-0.4, -0.2) is 38.2 Å². The highest BCUT2D eigenvalue weighted by molar-refractivity contribution is 5.97. The van der Waals surface area contributed by atoms with Crippen molar-refractivity contribution in [2.75, 3.05) is 26.7 Å². The molecule has 124 valence electrons. The van der Waals surface area contributed by atoms with Gasteiger partial charge in [0.25, 0.3) is 5.91 Å². The van der Waals surface area contributed by atoms with Gasteiger partial charge in [-0.05, 0) is 49.4 Å². The average molecular weight is 315 g/mol. The van der Waals surface area contributed by atoms with Crippen molar-refractivity contribution in [2.45, 2.75) is 37.8 Å². The molecule has 0 spiro atoms. The summed E-state index contributed by atoms with van der Waals surface area (Å²) in [6.45, 7) is 3.62. The van der Waals surface area contributed by atoms with Crippen LogP contribution < -0.4 is 20.7 Å². The second-order valence-corrected chi connectivity index (χ2v) is 7.03. The number of methoxy groups -OCH3 is 1. The van der Waals surface area contributed by atoms with Gasteiger partial charge in [-0.15, -0.1) is 0 Å². The fourth-order valence-electron chi connectivity index (χ4n) is 4.63. The average Bonchev–Trinajstić information content (AvgIpc) is 3.13. The zero-order valence-corrected chi connectivity index (χ0v) is 13.7. The van der Waals surface area contributed by atoms with Crippen molar-refractivity contribution in [1.82, 2.24) is 16.0 Å². The van der Waals surface area contributed by atoms with Crippen LogP contribution in [-0.2, 0) is 13.0 Å². The number of amides is 1. The quantitative estimate of drug-likeness (QED) is 0.785. The van der Waals surface area contributed by atoms with Gasteiger partial charge in [-0.25, -0.2) is 0 Å². The van der Waals surface area contributed by atoms with Crippen molar-refractivity contribution in [2.24, 2.45) is 5.92 Å². The number of hydrogen-bond acceptors (Lipinski definition) is 4. The topological polar surface area (TPSA) is 62.4 Å². The summed E-state index contributed by atoms with van der Waals surface area (Å²) in [4.78, 5) is 13.0. The highest BCUT2D eigenvalue weighted by Gasteiger charge is 2.47. The Hall–Kier alpha value is -1.59.